The van der Waals surface area contributed by atoms with Crippen LogP contribution in [0.1, 0.15) is 29.1 Å². The zero-order valence-electron chi connectivity index (χ0n) is 11.1. The van der Waals surface area contributed by atoms with Gasteiger partial charge in [-0.25, -0.2) is 9.97 Å². The molecule has 0 fully saturated rings. The summed E-state index contributed by atoms with van der Waals surface area (Å²) in [4.78, 5) is 22.4. The number of thiazole rings is 1. The van der Waals surface area contributed by atoms with Gasteiger partial charge in [-0.05, 0) is 32.1 Å². The normalized spacial score (nSPS) is 20.5. The van der Waals surface area contributed by atoms with Gasteiger partial charge in [-0.1, -0.05) is 0 Å². The van der Waals surface area contributed by atoms with Crippen molar-refractivity contribution in [2.75, 3.05) is 5.32 Å². The number of nitrogens with zero attached hydrogens (tertiary/aromatic N) is 3. The van der Waals surface area contributed by atoms with Gasteiger partial charge in [0.15, 0.2) is 5.13 Å². The van der Waals surface area contributed by atoms with Crippen LogP contribution in [-0.4, -0.2) is 20.4 Å². The molecule has 2 aliphatic rings. The highest BCUT2D eigenvalue weighted by Gasteiger charge is 2.26. The van der Waals surface area contributed by atoms with Gasteiger partial charge in [-0.2, -0.15) is 0 Å². The van der Waals surface area contributed by atoms with Crippen molar-refractivity contribution in [2.45, 2.75) is 38.6 Å². The first kappa shape index (κ1) is 12.1. The molecule has 20 heavy (non-hydrogen) atoms. The van der Waals surface area contributed by atoms with E-state index in [1.54, 1.807) is 11.3 Å². The third kappa shape index (κ3) is 2.04. The van der Waals surface area contributed by atoms with Crippen LogP contribution in [0.4, 0.5) is 5.13 Å². The van der Waals surface area contributed by atoms with Gasteiger partial charge >= 0.3 is 0 Å². The average molecular weight is 288 g/mol. The third-order valence-electron chi connectivity index (χ3n) is 4.16. The Morgan fingerprint density at radius 2 is 2.35 bits per heavy atom. The van der Waals surface area contributed by atoms with Crippen molar-refractivity contribution in [2.24, 2.45) is 5.92 Å². The van der Waals surface area contributed by atoms with Crippen molar-refractivity contribution in [3.8, 4) is 0 Å². The molecule has 104 valence electrons. The number of amides is 1. The molecule has 1 aliphatic carbocycles. The molecule has 1 atom stereocenters. The first-order chi connectivity index (χ1) is 9.79. The Labute approximate surface area is 121 Å². The summed E-state index contributed by atoms with van der Waals surface area (Å²) in [6.07, 6.45) is 8.89. The summed E-state index contributed by atoms with van der Waals surface area (Å²) in [5.74, 6) is 0.118. The average Bonchev–Trinajstić information content (AvgIpc) is 3.11. The molecule has 1 aliphatic heterocycles. The molecule has 1 unspecified atom stereocenters. The second-order valence-electron chi connectivity index (χ2n) is 5.50. The summed E-state index contributed by atoms with van der Waals surface area (Å²) in [7, 11) is 0. The molecular weight excluding hydrogens is 272 g/mol. The second-order valence-corrected chi connectivity index (χ2v) is 6.59. The topological polar surface area (TPSA) is 59.8 Å². The van der Waals surface area contributed by atoms with Crippen molar-refractivity contribution in [3.63, 3.8) is 0 Å². The van der Waals surface area contributed by atoms with Crippen molar-refractivity contribution < 1.29 is 4.79 Å². The van der Waals surface area contributed by atoms with E-state index in [-0.39, 0.29) is 11.8 Å². The highest BCUT2D eigenvalue weighted by atomic mass is 32.1. The molecule has 0 spiro atoms. The molecule has 1 amide bonds. The number of carbonyl (C=O) groups excluding carboxylic acids is 1. The van der Waals surface area contributed by atoms with Crippen LogP contribution < -0.4 is 5.32 Å². The number of aromatic nitrogens is 3. The lowest BCUT2D eigenvalue weighted by molar-refractivity contribution is -0.120. The van der Waals surface area contributed by atoms with Gasteiger partial charge in [-0.15, -0.1) is 11.3 Å². The predicted octanol–water partition coefficient (Wildman–Crippen LogP) is 2.03. The maximum atomic E-state index is 12.3. The third-order valence-corrected chi connectivity index (χ3v) is 5.23. The number of hydrogen-bond donors (Lipinski definition) is 1. The minimum atomic E-state index is 0.0236. The largest absolute Gasteiger partial charge is 0.334 e. The van der Waals surface area contributed by atoms with E-state index in [0.29, 0.717) is 0 Å². The molecule has 0 bridgehead atoms. The number of anilines is 1. The van der Waals surface area contributed by atoms with E-state index in [0.717, 1.165) is 37.4 Å². The molecule has 4 rings (SSSR count). The molecule has 0 aromatic carbocycles. The predicted molar refractivity (Wildman–Crippen MR) is 76.8 cm³/mol. The minimum absolute atomic E-state index is 0.0236. The lowest BCUT2D eigenvalue weighted by Crippen LogP contribution is -2.30. The highest BCUT2D eigenvalue weighted by molar-refractivity contribution is 7.15. The molecule has 0 radical (unpaired) electrons. The van der Waals surface area contributed by atoms with E-state index in [4.69, 9.17) is 0 Å². The Morgan fingerprint density at radius 1 is 1.40 bits per heavy atom. The molecule has 2 aromatic heterocycles. The first-order valence-corrected chi connectivity index (χ1v) is 7.90. The molecule has 3 heterocycles. The van der Waals surface area contributed by atoms with Crippen LogP contribution in [0.3, 0.4) is 0 Å². The Morgan fingerprint density at radius 3 is 3.25 bits per heavy atom. The molecule has 0 saturated heterocycles. The highest BCUT2D eigenvalue weighted by Crippen LogP contribution is 2.31. The van der Waals surface area contributed by atoms with E-state index >= 15 is 0 Å². The van der Waals surface area contributed by atoms with Crippen LogP contribution in [0.2, 0.25) is 0 Å². The zero-order valence-corrected chi connectivity index (χ0v) is 11.9. The van der Waals surface area contributed by atoms with Crippen molar-refractivity contribution in [1.29, 1.82) is 0 Å². The van der Waals surface area contributed by atoms with Crippen LogP contribution >= 0.6 is 11.3 Å². The lowest BCUT2D eigenvalue weighted by Gasteiger charge is -2.22. The van der Waals surface area contributed by atoms with E-state index in [1.807, 2.05) is 12.5 Å². The van der Waals surface area contributed by atoms with Crippen molar-refractivity contribution in [1.82, 2.24) is 14.5 Å². The number of nitrogens with one attached hydrogen (secondary N) is 1. The van der Waals surface area contributed by atoms with E-state index in [2.05, 4.69) is 19.9 Å². The van der Waals surface area contributed by atoms with Gasteiger partial charge < -0.3 is 9.88 Å². The maximum Gasteiger partial charge on any atom is 0.231 e. The van der Waals surface area contributed by atoms with Gasteiger partial charge in [0, 0.05) is 23.3 Å². The summed E-state index contributed by atoms with van der Waals surface area (Å²) < 4.78 is 2.08. The van der Waals surface area contributed by atoms with Crippen LogP contribution in [0, 0.1) is 5.92 Å². The molecular formula is C14H16N4OS. The SMILES string of the molecule is O=C(Nc1nc2c(s1)CCC2)C1CCc2cncn2C1. The van der Waals surface area contributed by atoms with Gasteiger partial charge in [0.1, 0.15) is 0 Å². The fraction of sp³-hybridized carbons (Fsp3) is 0.500. The first-order valence-electron chi connectivity index (χ1n) is 7.08. The summed E-state index contributed by atoms with van der Waals surface area (Å²) in [6, 6.07) is 0. The molecule has 2 aromatic rings. The summed E-state index contributed by atoms with van der Waals surface area (Å²) in [5, 5.41) is 3.77. The number of aryl methyl sites for hydroxylation is 3. The minimum Gasteiger partial charge on any atom is -0.334 e. The van der Waals surface area contributed by atoms with Crippen molar-refractivity contribution >= 4 is 22.4 Å². The smallest absolute Gasteiger partial charge is 0.231 e. The van der Waals surface area contributed by atoms with Crippen LogP contribution in [0.25, 0.3) is 0 Å². The second kappa shape index (κ2) is 4.70. The Kier molecular flexibility index (Phi) is 2.84. The Bertz CT molecular complexity index is 638. The van der Waals surface area contributed by atoms with Gasteiger partial charge in [0.2, 0.25) is 5.91 Å². The van der Waals surface area contributed by atoms with Crippen LogP contribution in [-0.2, 0) is 30.6 Å². The Balaban J connectivity index is 1.45. The lowest BCUT2D eigenvalue weighted by atomic mass is 9.97. The van der Waals surface area contributed by atoms with Crippen LogP contribution in [0.5, 0.6) is 0 Å². The van der Waals surface area contributed by atoms with Crippen LogP contribution in [0.15, 0.2) is 12.5 Å². The zero-order chi connectivity index (χ0) is 13.5. The van der Waals surface area contributed by atoms with Gasteiger partial charge in [0.25, 0.3) is 0 Å². The van der Waals surface area contributed by atoms with E-state index in [9.17, 15) is 4.79 Å². The van der Waals surface area contributed by atoms with Gasteiger partial charge in [0.05, 0.1) is 17.9 Å². The molecule has 0 saturated carbocycles. The van der Waals surface area contributed by atoms with E-state index < -0.39 is 0 Å². The number of carbonyl (C=O) groups is 1. The molecule has 5 nitrogen and oxygen atoms in total. The molecule has 6 heteroatoms. The fourth-order valence-electron chi connectivity index (χ4n) is 3.04. The van der Waals surface area contributed by atoms with E-state index in [1.165, 1.54) is 22.7 Å². The summed E-state index contributed by atoms with van der Waals surface area (Å²) in [6.45, 7) is 0.728. The summed E-state index contributed by atoms with van der Waals surface area (Å²) in [5.41, 5.74) is 2.41. The maximum absolute atomic E-state index is 12.3. The molecule has 1 N–H and O–H groups in total. The fourth-order valence-corrected chi connectivity index (χ4v) is 4.09. The quantitative estimate of drug-likeness (QED) is 0.920. The monoisotopic (exact) mass is 288 g/mol. The number of rotatable bonds is 2. The number of fused-ring (bicyclic) bond motifs is 2. The number of imidazole rings is 1. The number of hydrogen-bond acceptors (Lipinski definition) is 4. The van der Waals surface area contributed by atoms with Crippen molar-refractivity contribution in [3.05, 3.63) is 28.8 Å². The van der Waals surface area contributed by atoms with Gasteiger partial charge in [-0.3, -0.25) is 4.79 Å². The Hall–Kier alpha value is -1.69. The standard InChI is InChI=1S/C14H16N4OS/c19-13(9-4-5-10-6-15-8-18(10)7-9)17-14-16-11-2-1-3-12(11)20-14/h6,8-9H,1-5,7H2,(H,16,17,19). The summed E-state index contributed by atoms with van der Waals surface area (Å²) >= 11 is 1.64.